The highest BCUT2D eigenvalue weighted by atomic mass is 16.8. The number of anilines is 3. The normalized spacial score (nSPS) is 24.8. The number of nitrogens with one attached hydrogen (secondary N) is 3. The third-order valence-electron chi connectivity index (χ3n) is 16.9. The number of unbranched alkanes of at least 4 members (excludes halogenated alkanes) is 2. The molecule has 6 aliphatic heterocycles. The number of nitrogen functional groups attached to an aromatic ring is 3. The number of carbonyl (C=O) groups is 4. The fraction of sp³-hybridized carbons (Fsp3) is 0.456. The summed E-state index contributed by atoms with van der Waals surface area (Å²) < 4.78 is 69.9. The maximum Gasteiger partial charge on any atom is 0.252 e. The third kappa shape index (κ3) is 15.3. The summed E-state index contributed by atoms with van der Waals surface area (Å²) in [5, 5.41) is 8.58. The van der Waals surface area contributed by atoms with E-state index in [-0.39, 0.29) is 40.9 Å². The van der Waals surface area contributed by atoms with E-state index in [0.29, 0.717) is 120 Å². The molecule has 538 valence electrons. The van der Waals surface area contributed by atoms with E-state index in [0.717, 1.165) is 0 Å². The number of fused-ring (bicyclic) bond motifs is 6. The Kier molecular flexibility index (Phi) is 21.2. The van der Waals surface area contributed by atoms with E-state index in [9.17, 15) is 19.2 Å². The summed E-state index contributed by atoms with van der Waals surface area (Å²) in [5.41, 5.74) is 22.4. The van der Waals surface area contributed by atoms with Crippen LogP contribution in [-0.2, 0) is 57.0 Å². The molecular weight excluding hydrogens is 1340 g/mol. The summed E-state index contributed by atoms with van der Waals surface area (Å²) >= 11 is 0. The van der Waals surface area contributed by atoms with Crippen molar-refractivity contribution in [2.24, 2.45) is 0 Å². The van der Waals surface area contributed by atoms with Gasteiger partial charge < -0.3 is 85.3 Å². The number of aldehydes is 1. The van der Waals surface area contributed by atoms with Crippen LogP contribution in [0.25, 0.3) is 39.6 Å². The lowest BCUT2D eigenvalue weighted by Gasteiger charge is -2.24. The van der Waals surface area contributed by atoms with Crippen LogP contribution in [0.4, 0.5) is 17.5 Å². The number of carbonyl (C=O) groups excluding carboxylic acids is 4. The van der Waals surface area contributed by atoms with Crippen LogP contribution in [-0.4, -0.2) is 199 Å². The topological polar surface area (TPSA) is 441 Å². The number of hydrogen-bond donors (Lipinski definition) is 6. The van der Waals surface area contributed by atoms with Gasteiger partial charge in [0.1, 0.15) is 106 Å². The number of hydrogen-bond acceptors (Lipinski definition) is 29. The van der Waals surface area contributed by atoms with Crippen LogP contribution >= 0.6 is 0 Å². The molecule has 12 atom stereocenters. The largest absolute Gasteiger partial charge is 0.494 e. The zero-order valence-corrected chi connectivity index (χ0v) is 57.4. The predicted molar refractivity (Wildman–Crippen MR) is 364 cm³/mol. The Morgan fingerprint density at radius 1 is 0.524 bits per heavy atom. The van der Waals surface area contributed by atoms with Crippen molar-refractivity contribution in [3.05, 3.63) is 91.6 Å². The molecule has 35 heteroatoms. The molecule has 0 spiro atoms. The molecular formula is C68H76N20O15. The number of terminal acetylenes is 1. The molecule has 3 amide bonds. The first-order valence-corrected chi connectivity index (χ1v) is 32.8. The fourth-order valence-electron chi connectivity index (χ4n) is 12.5. The van der Waals surface area contributed by atoms with Gasteiger partial charge in [-0.05, 0) is 96.6 Å². The van der Waals surface area contributed by atoms with Gasteiger partial charge in [-0.2, -0.15) is 0 Å². The van der Waals surface area contributed by atoms with E-state index in [1.165, 1.54) is 26.1 Å². The monoisotopic (exact) mass is 1410 g/mol. The summed E-state index contributed by atoms with van der Waals surface area (Å²) in [4.78, 5) is 96.0. The molecule has 6 fully saturated rings. The van der Waals surface area contributed by atoms with Gasteiger partial charge in [-0.15, -0.1) is 12.3 Å². The Morgan fingerprint density at radius 2 is 0.874 bits per heavy atom. The highest BCUT2D eigenvalue weighted by Crippen LogP contribution is 2.47. The molecule has 0 radical (unpaired) electrons. The standard InChI is InChI=1S/C26H29N7O5.C25H27N7O6.C17H20N6O4/c1-5-16-17(35-4)11-10-15(32-16)9-7-6-8-12-28-24(34)20-19-21(38-26(2,3)37-19)25(36-20)33-14-31-18-22(27)29-13-30-23(18)33;1-25(2)37-18-19(36-24(20(18)38-25)32-13-30-17-21(26)28-12-29-22(17)32)23(34)27-10-6-4-5-7-14-8-9-16(35-3)15(11-33)31-14;1-4-5-6-19-15(24)11-10-12(27-17(2,3)26-10)16(25-11)23-8-22-9-13(18)20-7-21-14(9)23/h5,10-11,13-14,19-21,25H,1,6,8,12H2,2-4H3,(H,28,34)(H2,27,29,30);8-9,11-13,18-20,24H,4,6,10H2,1-3H3,(H,27,34)(H2,26,28,29);1,7-8,10-12,16H,5-6H2,2-3H3,(H,19,24)(H2,18,20,21)/t19-,20+,21-,25-;18-,19+,20-,24-;10-,11+,12-,16-/m111/s1. The molecule has 0 unspecified atom stereocenters. The number of nitrogens with zero attached hydrogens (tertiary/aromatic N) is 14. The summed E-state index contributed by atoms with van der Waals surface area (Å²) in [7, 11) is 3.05. The molecule has 0 bridgehead atoms. The van der Waals surface area contributed by atoms with Crippen LogP contribution in [0.2, 0.25) is 0 Å². The van der Waals surface area contributed by atoms with Crippen LogP contribution in [0.5, 0.6) is 11.5 Å². The summed E-state index contributed by atoms with van der Waals surface area (Å²) in [6, 6.07) is 6.93. The summed E-state index contributed by atoms with van der Waals surface area (Å²) in [6.07, 6.45) is 10.9. The van der Waals surface area contributed by atoms with Crippen molar-refractivity contribution in [3.63, 3.8) is 0 Å². The number of rotatable bonds is 18. The number of aromatic nitrogens is 14. The maximum atomic E-state index is 13.1. The van der Waals surface area contributed by atoms with Crippen LogP contribution in [0.15, 0.2) is 68.8 Å². The van der Waals surface area contributed by atoms with Crippen LogP contribution in [0.1, 0.15) is 120 Å². The van der Waals surface area contributed by atoms with Gasteiger partial charge >= 0.3 is 0 Å². The first kappa shape index (κ1) is 71.9. The minimum absolute atomic E-state index is 0.195. The summed E-state index contributed by atoms with van der Waals surface area (Å²) in [6.45, 7) is 15.7. The summed E-state index contributed by atoms with van der Waals surface area (Å²) in [5.74, 6) is 12.8. The predicted octanol–water partition coefficient (Wildman–Crippen LogP) is 2.78. The lowest BCUT2D eigenvalue weighted by atomic mass is 10.1. The molecule has 6 aliphatic rings. The highest BCUT2D eigenvalue weighted by molar-refractivity contribution is 5.85. The van der Waals surface area contributed by atoms with Gasteiger partial charge in [0.25, 0.3) is 17.7 Å². The van der Waals surface area contributed by atoms with Crippen LogP contribution < -0.4 is 42.6 Å². The van der Waals surface area contributed by atoms with Crippen molar-refractivity contribution >= 4 is 81.0 Å². The minimum atomic E-state index is -0.903. The van der Waals surface area contributed by atoms with E-state index in [1.807, 2.05) is 0 Å². The number of pyridine rings is 2. The Morgan fingerprint density at radius 3 is 1.22 bits per heavy atom. The molecule has 9 N–H and O–H groups in total. The van der Waals surface area contributed by atoms with Gasteiger partial charge in [0.2, 0.25) is 0 Å². The zero-order chi connectivity index (χ0) is 72.9. The number of ether oxygens (including phenoxy) is 11. The van der Waals surface area contributed by atoms with Gasteiger partial charge in [-0.1, -0.05) is 18.4 Å². The SMILES string of the molecule is C#CCCNC(=O)[C@H]1O[C@@H](n2cnc3c(N)ncnc32)[C@@H]2OC(C)(C)O[C@@H]21.C=Cc1nc(C#CCCCNC(=O)[C@H]2O[C@@H](n3cnc4c(N)ncnc43)[C@@H]3OC(C)(C)O[C@@H]32)ccc1OC.COc1ccc(C#CCCCNC(=O)[C@H]2O[C@@H](n3cnc4c(N)ncnc43)[C@@H]3OC(C)(C)O[C@@H]32)nc1C=O. The molecule has 103 heavy (non-hydrogen) atoms. The molecule has 14 heterocycles. The first-order valence-electron chi connectivity index (χ1n) is 32.8. The van der Waals surface area contributed by atoms with Crippen molar-refractivity contribution < 1.29 is 71.3 Å². The van der Waals surface area contributed by atoms with Gasteiger partial charge in [0, 0.05) is 38.9 Å². The average Bonchev–Trinajstić information content (AvgIpc) is 1.60. The molecule has 0 aromatic carbocycles. The first-order chi connectivity index (χ1) is 49.5. The van der Waals surface area contributed by atoms with Crippen LogP contribution in [0.3, 0.4) is 0 Å². The lowest BCUT2D eigenvalue weighted by Crippen LogP contribution is -2.43. The Hall–Kier alpha value is -10.9. The number of imidazole rings is 3. The zero-order valence-electron chi connectivity index (χ0n) is 57.4. The Labute approximate surface area is 589 Å². The number of amides is 3. The van der Waals surface area contributed by atoms with Crippen molar-refractivity contribution in [1.82, 2.24) is 84.5 Å². The van der Waals surface area contributed by atoms with E-state index in [4.69, 9.17) is 75.7 Å². The quantitative estimate of drug-likeness (QED) is 0.0408. The third-order valence-corrected chi connectivity index (χ3v) is 16.9. The maximum absolute atomic E-state index is 13.1. The van der Waals surface area contributed by atoms with Gasteiger partial charge in [-0.3, -0.25) is 32.9 Å². The molecule has 8 aromatic rings. The Bertz CT molecular complexity index is 4470. The Balaban J connectivity index is 0.000000148. The molecule has 6 saturated heterocycles. The second kappa shape index (κ2) is 30.3. The smallest absolute Gasteiger partial charge is 0.252 e. The van der Waals surface area contributed by atoms with Crippen molar-refractivity contribution in [2.75, 3.05) is 51.1 Å². The van der Waals surface area contributed by atoms with Crippen molar-refractivity contribution in [2.45, 2.75) is 165 Å². The van der Waals surface area contributed by atoms with E-state index >= 15 is 0 Å². The average molecular weight is 1410 g/mol. The van der Waals surface area contributed by atoms with E-state index in [2.05, 4.69) is 107 Å². The van der Waals surface area contributed by atoms with Gasteiger partial charge in [0.15, 0.2) is 95.0 Å². The molecule has 8 aromatic heterocycles. The highest BCUT2D eigenvalue weighted by Gasteiger charge is 2.61. The number of nitrogens with two attached hydrogens (primary N) is 3. The van der Waals surface area contributed by atoms with Gasteiger partial charge in [-0.25, -0.2) is 54.8 Å². The molecule has 0 aliphatic carbocycles. The van der Waals surface area contributed by atoms with Gasteiger partial charge in [0.05, 0.1) is 33.2 Å². The minimum Gasteiger partial charge on any atom is -0.494 e. The van der Waals surface area contributed by atoms with E-state index < -0.39 is 91.0 Å². The van der Waals surface area contributed by atoms with E-state index in [1.54, 1.807) is 112 Å². The molecule has 35 nitrogen and oxygen atoms in total. The molecule has 0 saturated carbocycles. The van der Waals surface area contributed by atoms with Crippen LogP contribution in [0, 0.1) is 36.0 Å². The second-order valence-electron chi connectivity index (χ2n) is 25.3. The lowest BCUT2D eigenvalue weighted by molar-refractivity contribution is -0.198. The van der Waals surface area contributed by atoms with Crippen molar-refractivity contribution in [3.8, 4) is 47.5 Å². The fourth-order valence-corrected chi connectivity index (χ4v) is 12.5. The number of methoxy groups -OCH3 is 2. The molecule has 14 rings (SSSR count). The van der Waals surface area contributed by atoms with Crippen molar-refractivity contribution in [1.29, 1.82) is 0 Å². The second-order valence-corrected chi connectivity index (χ2v) is 25.3.